The Hall–Kier alpha value is -1.09. The molecular weight excluding hydrogens is 236 g/mol. The van der Waals surface area contributed by atoms with E-state index in [2.05, 4.69) is 43.6 Å². The number of aryl methyl sites for hydroxylation is 1. The van der Waals surface area contributed by atoms with E-state index in [1.54, 1.807) is 0 Å². The van der Waals surface area contributed by atoms with Crippen molar-refractivity contribution < 1.29 is 4.74 Å². The second-order valence-electron chi connectivity index (χ2n) is 6.37. The summed E-state index contributed by atoms with van der Waals surface area (Å²) in [7, 11) is 0. The van der Waals surface area contributed by atoms with Gasteiger partial charge < -0.3 is 9.64 Å². The molecule has 3 rings (SSSR count). The molecular formula is C16H24N2O. The van der Waals surface area contributed by atoms with Crippen LogP contribution in [-0.4, -0.2) is 30.8 Å². The molecule has 2 atom stereocenters. The van der Waals surface area contributed by atoms with E-state index in [0.29, 0.717) is 12.0 Å². The van der Waals surface area contributed by atoms with E-state index in [1.807, 2.05) is 6.20 Å². The Kier molecular flexibility index (Phi) is 3.25. The van der Waals surface area contributed by atoms with Crippen molar-refractivity contribution >= 4 is 5.82 Å². The van der Waals surface area contributed by atoms with Crippen LogP contribution in [0.2, 0.25) is 0 Å². The Morgan fingerprint density at radius 3 is 2.63 bits per heavy atom. The largest absolute Gasteiger partial charge is 0.381 e. The van der Waals surface area contributed by atoms with Crippen LogP contribution in [-0.2, 0) is 4.74 Å². The minimum Gasteiger partial charge on any atom is -0.381 e. The van der Waals surface area contributed by atoms with Gasteiger partial charge in [-0.1, -0.05) is 13.8 Å². The van der Waals surface area contributed by atoms with Gasteiger partial charge in [0.2, 0.25) is 0 Å². The first-order valence-corrected chi connectivity index (χ1v) is 7.39. The Morgan fingerprint density at radius 2 is 2.11 bits per heavy atom. The molecule has 0 radical (unpaired) electrons. The third-order valence-corrected chi connectivity index (χ3v) is 4.82. The highest BCUT2D eigenvalue weighted by atomic mass is 16.5. The molecule has 0 bridgehead atoms. The Balaban J connectivity index is 1.82. The van der Waals surface area contributed by atoms with Crippen molar-refractivity contribution in [1.82, 2.24) is 4.98 Å². The fourth-order valence-electron chi connectivity index (χ4n) is 3.46. The lowest BCUT2D eigenvalue weighted by atomic mass is 9.77. The lowest BCUT2D eigenvalue weighted by molar-refractivity contribution is -0.0751. The second-order valence-corrected chi connectivity index (χ2v) is 6.37. The van der Waals surface area contributed by atoms with Crippen molar-refractivity contribution in [3.63, 3.8) is 0 Å². The molecule has 1 unspecified atom stereocenters. The standard InChI is InChI=1S/C16H24N2O/c1-10(2)15-11(3)5-6-17-16(15)18-7-14(12(18)4)13-8-19-9-13/h5-6,10,12-14H,7-9H2,1-4H3/t12-,14?/m0/s1. The fraction of sp³-hybridized carbons (Fsp3) is 0.688. The van der Waals surface area contributed by atoms with E-state index in [0.717, 1.165) is 31.6 Å². The third kappa shape index (κ3) is 2.04. The summed E-state index contributed by atoms with van der Waals surface area (Å²) >= 11 is 0. The van der Waals surface area contributed by atoms with Crippen LogP contribution >= 0.6 is 0 Å². The normalized spacial score (nSPS) is 27.3. The third-order valence-electron chi connectivity index (χ3n) is 4.82. The average molecular weight is 260 g/mol. The fourth-order valence-corrected chi connectivity index (χ4v) is 3.46. The molecule has 0 spiro atoms. The van der Waals surface area contributed by atoms with E-state index in [4.69, 9.17) is 4.74 Å². The number of pyridine rings is 1. The van der Waals surface area contributed by atoms with Gasteiger partial charge in [0.15, 0.2) is 0 Å². The second kappa shape index (κ2) is 4.78. The van der Waals surface area contributed by atoms with Crippen LogP contribution in [0, 0.1) is 18.8 Å². The molecule has 0 aliphatic carbocycles. The molecule has 0 amide bonds. The van der Waals surface area contributed by atoms with Gasteiger partial charge in [-0.2, -0.15) is 0 Å². The van der Waals surface area contributed by atoms with Crippen molar-refractivity contribution in [1.29, 1.82) is 0 Å². The Bertz CT molecular complexity index is 468. The van der Waals surface area contributed by atoms with Gasteiger partial charge in [-0.3, -0.25) is 0 Å². The van der Waals surface area contributed by atoms with Crippen LogP contribution < -0.4 is 4.90 Å². The van der Waals surface area contributed by atoms with Gasteiger partial charge in [0.05, 0.1) is 13.2 Å². The van der Waals surface area contributed by atoms with Gasteiger partial charge >= 0.3 is 0 Å². The zero-order valence-electron chi connectivity index (χ0n) is 12.4. The number of anilines is 1. The summed E-state index contributed by atoms with van der Waals surface area (Å²) in [6.07, 6.45) is 1.95. The summed E-state index contributed by atoms with van der Waals surface area (Å²) in [4.78, 5) is 7.14. The number of rotatable bonds is 3. The lowest BCUT2D eigenvalue weighted by Gasteiger charge is -2.53. The van der Waals surface area contributed by atoms with E-state index in [-0.39, 0.29) is 0 Å². The zero-order valence-corrected chi connectivity index (χ0v) is 12.4. The molecule has 2 saturated heterocycles. The first-order valence-electron chi connectivity index (χ1n) is 7.39. The summed E-state index contributed by atoms with van der Waals surface area (Å²) in [5.74, 6) is 3.30. The number of ether oxygens (including phenoxy) is 1. The smallest absolute Gasteiger partial charge is 0.132 e. The molecule has 3 nitrogen and oxygen atoms in total. The first-order chi connectivity index (χ1) is 9.09. The minimum absolute atomic E-state index is 0.530. The number of hydrogen-bond acceptors (Lipinski definition) is 3. The first kappa shape index (κ1) is 12.9. The predicted octanol–water partition coefficient (Wildman–Crippen LogP) is 2.98. The van der Waals surface area contributed by atoms with E-state index < -0.39 is 0 Å². The highest BCUT2D eigenvalue weighted by Gasteiger charge is 2.44. The lowest BCUT2D eigenvalue weighted by Crippen LogP contribution is -2.61. The van der Waals surface area contributed by atoms with Crippen molar-refractivity contribution in [2.24, 2.45) is 11.8 Å². The van der Waals surface area contributed by atoms with Crippen LogP contribution in [0.15, 0.2) is 12.3 Å². The topological polar surface area (TPSA) is 25.4 Å². The zero-order chi connectivity index (χ0) is 13.6. The monoisotopic (exact) mass is 260 g/mol. The molecule has 104 valence electrons. The molecule has 2 aliphatic heterocycles. The number of aromatic nitrogens is 1. The summed E-state index contributed by atoms with van der Waals surface area (Å²) in [6, 6.07) is 2.72. The molecule has 0 saturated carbocycles. The summed E-state index contributed by atoms with van der Waals surface area (Å²) in [6.45, 7) is 12.1. The summed E-state index contributed by atoms with van der Waals surface area (Å²) in [5, 5.41) is 0. The van der Waals surface area contributed by atoms with Gasteiger partial charge in [0.1, 0.15) is 5.82 Å². The SMILES string of the molecule is Cc1ccnc(N2CC(C3COC3)[C@@H]2C)c1C(C)C. The van der Waals surface area contributed by atoms with Crippen LogP contribution in [0.4, 0.5) is 5.82 Å². The van der Waals surface area contributed by atoms with Gasteiger partial charge in [-0.05, 0) is 31.4 Å². The van der Waals surface area contributed by atoms with Crippen LogP contribution in [0.5, 0.6) is 0 Å². The van der Waals surface area contributed by atoms with Crippen molar-refractivity contribution in [2.75, 3.05) is 24.7 Å². The maximum atomic E-state index is 5.33. The molecule has 2 fully saturated rings. The molecule has 1 aromatic heterocycles. The van der Waals surface area contributed by atoms with Gasteiger partial charge in [0, 0.05) is 36.2 Å². The van der Waals surface area contributed by atoms with Crippen molar-refractivity contribution in [2.45, 2.75) is 39.7 Å². The van der Waals surface area contributed by atoms with E-state index >= 15 is 0 Å². The highest BCUT2D eigenvalue weighted by Crippen LogP contribution is 2.40. The quantitative estimate of drug-likeness (QED) is 0.835. The van der Waals surface area contributed by atoms with Crippen molar-refractivity contribution in [3.8, 4) is 0 Å². The van der Waals surface area contributed by atoms with Gasteiger partial charge in [-0.15, -0.1) is 0 Å². The van der Waals surface area contributed by atoms with E-state index in [1.165, 1.54) is 16.9 Å². The van der Waals surface area contributed by atoms with Crippen LogP contribution in [0.3, 0.4) is 0 Å². The molecule has 2 aliphatic rings. The maximum absolute atomic E-state index is 5.33. The van der Waals surface area contributed by atoms with Crippen molar-refractivity contribution in [3.05, 3.63) is 23.4 Å². The van der Waals surface area contributed by atoms with Gasteiger partial charge in [0.25, 0.3) is 0 Å². The molecule has 19 heavy (non-hydrogen) atoms. The Morgan fingerprint density at radius 1 is 1.37 bits per heavy atom. The number of nitrogens with zero attached hydrogens (tertiary/aromatic N) is 2. The highest BCUT2D eigenvalue weighted by molar-refractivity contribution is 5.55. The Labute approximate surface area is 116 Å². The molecule has 1 aromatic rings. The predicted molar refractivity (Wildman–Crippen MR) is 77.7 cm³/mol. The van der Waals surface area contributed by atoms with Crippen LogP contribution in [0.1, 0.15) is 37.8 Å². The molecule has 0 N–H and O–H groups in total. The average Bonchev–Trinajstić information content (AvgIpc) is 2.30. The maximum Gasteiger partial charge on any atom is 0.132 e. The minimum atomic E-state index is 0.530. The summed E-state index contributed by atoms with van der Waals surface area (Å²) in [5.41, 5.74) is 2.78. The van der Waals surface area contributed by atoms with Crippen LogP contribution in [0.25, 0.3) is 0 Å². The van der Waals surface area contributed by atoms with Gasteiger partial charge in [-0.25, -0.2) is 4.98 Å². The van der Waals surface area contributed by atoms with E-state index in [9.17, 15) is 0 Å². The molecule has 3 heteroatoms. The molecule has 3 heterocycles. The summed E-state index contributed by atoms with van der Waals surface area (Å²) < 4.78 is 5.33. The molecule has 0 aromatic carbocycles. The number of hydrogen-bond donors (Lipinski definition) is 0.